The molecule has 0 aromatic rings. The van der Waals surface area contributed by atoms with Gasteiger partial charge in [-0.25, -0.2) is 0 Å². The fraction of sp³-hybridized carbons (Fsp3) is 0.857. The highest BCUT2D eigenvalue weighted by Gasteiger charge is 2.16. The zero-order valence-electron chi connectivity index (χ0n) is 7.14. The molecule has 1 atom stereocenters. The van der Waals surface area contributed by atoms with Crippen molar-refractivity contribution >= 4 is 5.91 Å². The molecule has 0 fully saturated rings. The molecule has 0 radical (unpaired) electrons. The molecule has 5 heteroatoms. The molecule has 72 valence electrons. The average molecular weight is 181 g/mol. The molecule has 0 aliphatic carbocycles. The largest absolute Gasteiger partial charge is 0.380 e. The van der Waals surface area contributed by atoms with Crippen molar-refractivity contribution in [3.05, 3.63) is 0 Å². The van der Waals surface area contributed by atoms with Gasteiger partial charge in [-0.2, -0.15) is 8.78 Å². The first-order chi connectivity index (χ1) is 5.57. The van der Waals surface area contributed by atoms with Crippen molar-refractivity contribution in [3.8, 4) is 0 Å². The molecule has 0 saturated heterocycles. The van der Waals surface area contributed by atoms with E-state index in [1.807, 2.05) is 0 Å². The van der Waals surface area contributed by atoms with Gasteiger partial charge >= 0.3 is 6.43 Å². The molecular weight excluding hydrogens is 168 g/mol. The van der Waals surface area contributed by atoms with E-state index in [4.69, 9.17) is 4.74 Å². The molecule has 0 aromatic carbocycles. The molecule has 0 rings (SSSR count). The summed E-state index contributed by atoms with van der Waals surface area (Å²) in [6, 6.07) is -0.369. The van der Waals surface area contributed by atoms with Gasteiger partial charge in [0.05, 0.1) is 6.61 Å². The predicted molar refractivity (Wildman–Crippen MR) is 40.1 cm³/mol. The summed E-state index contributed by atoms with van der Waals surface area (Å²) >= 11 is 0. The van der Waals surface area contributed by atoms with Crippen LogP contribution in [0.15, 0.2) is 0 Å². The molecule has 12 heavy (non-hydrogen) atoms. The van der Waals surface area contributed by atoms with Gasteiger partial charge in [-0.15, -0.1) is 0 Å². The molecule has 0 bridgehead atoms. The number of ether oxygens (including phenoxy) is 1. The van der Waals surface area contributed by atoms with Crippen LogP contribution in [0.5, 0.6) is 0 Å². The fourth-order valence-corrected chi connectivity index (χ4v) is 0.642. The van der Waals surface area contributed by atoms with Crippen LogP contribution in [-0.2, 0) is 9.53 Å². The van der Waals surface area contributed by atoms with Crippen LogP contribution in [0.3, 0.4) is 0 Å². The predicted octanol–water partition coefficient (Wildman–Crippen LogP) is 0.793. The van der Waals surface area contributed by atoms with Crippen molar-refractivity contribution in [2.45, 2.75) is 26.3 Å². The molecule has 1 N–H and O–H groups in total. The summed E-state index contributed by atoms with van der Waals surface area (Å²) in [6.07, 6.45) is -2.95. The lowest BCUT2D eigenvalue weighted by molar-refractivity contribution is -0.132. The SMILES string of the molecule is CCOCC(C)NC(=O)C(F)F. The summed E-state index contributed by atoms with van der Waals surface area (Å²) in [7, 11) is 0. The van der Waals surface area contributed by atoms with Crippen LogP contribution < -0.4 is 5.32 Å². The number of carbonyl (C=O) groups excluding carboxylic acids is 1. The Labute approximate surface area is 70.1 Å². The third-order valence-electron chi connectivity index (χ3n) is 1.16. The summed E-state index contributed by atoms with van der Waals surface area (Å²) in [4.78, 5) is 10.4. The Hall–Kier alpha value is -0.710. The molecule has 0 heterocycles. The molecule has 0 spiro atoms. The number of alkyl halides is 2. The summed E-state index contributed by atoms with van der Waals surface area (Å²) < 4.78 is 28.2. The van der Waals surface area contributed by atoms with Crippen molar-refractivity contribution < 1.29 is 18.3 Å². The minimum absolute atomic E-state index is 0.259. The van der Waals surface area contributed by atoms with E-state index in [9.17, 15) is 13.6 Å². The molecule has 0 aromatic heterocycles. The summed E-state index contributed by atoms with van der Waals surface area (Å²) in [5.41, 5.74) is 0. The van der Waals surface area contributed by atoms with Crippen LogP contribution in [0.2, 0.25) is 0 Å². The van der Waals surface area contributed by atoms with Gasteiger partial charge in [0, 0.05) is 12.6 Å². The van der Waals surface area contributed by atoms with Crippen molar-refractivity contribution in [3.63, 3.8) is 0 Å². The lowest BCUT2D eigenvalue weighted by Gasteiger charge is -2.12. The highest BCUT2D eigenvalue weighted by molar-refractivity contribution is 5.79. The van der Waals surface area contributed by atoms with Gasteiger partial charge in [-0.05, 0) is 13.8 Å². The second kappa shape index (κ2) is 5.88. The molecule has 0 aliphatic heterocycles. The number of hydrogen-bond acceptors (Lipinski definition) is 2. The highest BCUT2D eigenvalue weighted by Crippen LogP contribution is 1.93. The lowest BCUT2D eigenvalue weighted by Crippen LogP contribution is -2.39. The smallest absolute Gasteiger partial charge is 0.315 e. The number of hydrogen-bond donors (Lipinski definition) is 1. The molecule has 1 amide bonds. The van der Waals surface area contributed by atoms with Gasteiger partial charge in [-0.3, -0.25) is 4.79 Å². The number of amides is 1. The lowest BCUT2D eigenvalue weighted by atomic mass is 10.3. The van der Waals surface area contributed by atoms with Crippen LogP contribution in [0.1, 0.15) is 13.8 Å². The maximum atomic E-state index is 11.7. The van der Waals surface area contributed by atoms with Gasteiger partial charge in [0.25, 0.3) is 5.91 Å². The van der Waals surface area contributed by atoms with Gasteiger partial charge < -0.3 is 10.1 Å². The normalized spacial score (nSPS) is 13.1. The van der Waals surface area contributed by atoms with E-state index in [0.717, 1.165) is 0 Å². The first-order valence-corrected chi connectivity index (χ1v) is 3.74. The second-order valence-electron chi connectivity index (χ2n) is 2.37. The summed E-state index contributed by atoms with van der Waals surface area (Å²) in [5.74, 6) is -1.25. The van der Waals surface area contributed by atoms with Crippen molar-refractivity contribution in [1.29, 1.82) is 0 Å². The van der Waals surface area contributed by atoms with Gasteiger partial charge in [-0.1, -0.05) is 0 Å². The standard InChI is InChI=1S/C7H13F2NO2/c1-3-12-4-5(2)10-7(11)6(8)9/h5-6H,3-4H2,1-2H3,(H,10,11). The zero-order valence-corrected chi connectivity index (χ0v) is 7.14. The van der Waals surface area contributed by atoms with Crippen LogP contribution >= 0.6 is 0 Å². The number of nitrogens with one attached hydrogen (secondary N) is 1. The zero-order chi connectivity index (χ0) is 9.56. The van der Waals surface area contributed by atoms with E-state index in [1.54, 1.807) is 13.8 Å². The van der Waals surface area contributed by atoms with Crippen LogP contribution in [0, 0.1) is 0 Å². The minimum Gasteiger partial charge on any atom is -0.380 e. The molecule has 0 saturated carbocycles. The molecular formula is C7H13F2NO2. The highest BCUT2D eigenvalue weighted by atomic mass is 19.3. The van der Waals surface area contributed by atoms with Gasteiger partial charge in [0.2, 0.25) is 0 Å². The van der Waals surface area contributed by atoms with E-state index in [1.165, 1.54) is 0 Å². The molecule has 1 unspecified atom stereocenters. The summed E-state index contributed by atoms with van der Waals surface area (Å²) in [6.45, 7) is 4.17. The van der Waals surface area contributed by atoms with Crippen LogP contribution in [0.25, 0.3) is 0 Å². The quantitative estimate of drug-likeness (QED) is 0.681. The topological polar surface area (TPSA) is 38.3 Å². The molecule has 3 nitrogen and oxygen atoms in total. The maximum absolute atomic E-state index is 11.7. The van der Waals surface area contributed by atoms with E-state index in [-0.39, 0.29) is 12.6 Å². The van der Waals surface area contributed by atoms with Crippen LogP contribution in [0.4, 0.5) is 8.78 Å². The van der Waals surface area contributed by atoms with Crippen molar-refractivity contribution in [1.82, 2.24) is 5.32 Å². The van der Waals surface area contributed by atoms with Crippen molar-refractivity contribution in [2.75, 3.05) is 13.2 Å². The number of carbonyl (C=O) groups is 1. The number of rotatable bonds is 5. The van der Waals surface area contributed by atoms with E-state index in [2.05, 4.69) is 5.32 Å². The summed E-state index contributed by atoms with van der Waals surface area (Å²) in [5, 5.41) is 2.10. The Morgan fingerprint density at radius 1 is 1.58 bits per heavy atom. The van der Waals surface area contributed by atoms with E-state index < -0.39 is 12.3 Å². The average Bonchev–Trinajstić information content (AvgIpc) is 2.00. The van der Waals surface area contributed by atoms with Crippen molar-refractivity contribution in [2.24, 2.45) is 0 Å². The third-order valence-corrected chi connectivity index (χ3v) is 1.16. The third kappa shape index (κ3) is 5.01. The van der Waals surface area contributed by atoms with E-state index >= 15 is 0 Å². The van der Waals surface area contributed by atoms with Gasteiger partial charge in [0.15, 0.2) is 0 Å². The Bertz CT molecular complexity index is 141. The van der Waals surface area contributed by atoms with Crippen LogP contribution in [-0.4, -0.2) is 31.6 Å². The maximum Gasteiger partial charge on any atom is 0.315 e. The van der Waals surface area contributed by atoms with E-state index in [0.29, 0.717) is 6.61 Å². The minimum atomic E-state index is -2.95. The second-order valence-corrected chi connectivity index (χ2v) is 2.37. The Morgan fingerprint density at radius 3 is 2.58 bits per heavy atom. The number of halogens is 2. The Morgan fingerprint density at radius 2 is 2.17 bits per heavy atom. The fourth-order valence-electron chi connectivity index (χ4n) is 0.642. The monoisotopic (exact) mass is 181 g/mol. The Balaban J connectivity index is 3.54. The Kier molecular flexibility index (Phi) is 5.53. The molecule has 0 aliphatic rings. The first kappa shape index (κ1) is 11.3. The first-order valence-electron chi connectivity index (χ1n) is 3.74. The van der Waals surface area contributed by atoms with Gasteiger partial charge in [0.1, 0.15) is 0 Å².